The molecule has 1 N–H and O–H groups in total. The molecule has 60 valence electrons. The lowest BCUT2D eigenvalue weighted by Gasteiger charge is -1.97. The van der Waals surface area contributed by atoms with E-state index in [0.717, 1.165) is 0 Å². The van der Waals surface area contributed by atoms with Crippen molar-refractivity contribution in [2.24, 2.45) is 0 Å². The summed E-state index contributed by atoms with van der Waals surface area (Å²) in [5.41, 5.74) is 0. The van der Waals surface area contributed by atoms with Crippen LogP contribution in [0.5, 0.6) is 0 Å². The number of nitrogens with one attached hydrogen (secondary N) is 1. The van der Waals surface area contributed by atoms with Crippen molar-refractivity contribution >= 4 is 11.6 Å². The standard InChI is InChI=1S/C7H6N4O/c1-2-4-8-6(3-1)10-7-5-9-12-11-7/h1-5H,(H,8,10,11). The first-order chi connectivity index (χ1) is 5.95. The first-order valence-corrected chi connectivity index (χ1v) is 3.41. The van der Waals surface area contributed by atoms with Gasteiger partial charge in [0.25, 0.3) is 0 Å². The van der Waals surface area contributed by atoms with Crippen molar-refractivity contribution < 1.29 is 4.63 Å². The molecule has 2 aromatic rings. The molecule has 0 saturated carbocycles. The summed E-state index contributed by atoms with van der Waals surface area (Å²) in [6, 6.07) is 5.55. The van der Waals surface area contributed by atoms with Crippen LogP contribution in [0.1, 0.15) is 0 Å². The monoisotopic (exact) mass is 162 g/mol. The van der Waals surface area contributed by atoms with E-state index in [0.29, 0.717) is 11.6 Å². The van der Waals surface area contributed by atoms with Crippen LogP contribution in [-0.2, 0) is 0 Å². The summed E-state index contributed by atoms with van der Waals surface area (Å²) in [5.74, 6) is 1.27. The molecule has 0 radical (unpaired) electrons. The summed E-state index contributed by atoms with van der Waals surface area (Å²) >= 11 is 0. The highest BCUT2D eigenvalue weighted by Crippen LogP contribution is 2.08. The highest BCUT2D eigenvalue weighted by Gasteiger charge is 1.96. The van der Waals surface area contributed by atoms with E-state index in [2.05, 4.69) is 25.2 Å². The van der Waals surface area contributed by atoms with Gasteiger partial charge in [0.15, 0.2) is 5.82 Å². The number of hydrogen-bond donors (Lipinski definition) is 1. The van der Waals surface area contributed by atoms with Crippen molar-refractivity contribution in [2.75, 3.05) is 5.32 Å². The van der Waals surface area contributed by atoms with Gasteiger partial charge in [0.1, 0.15) is 12.0 Å². The molecule has 2 aromatic heterocycles. The van der Waals surface area contributed by atoms with Crippen molar-refractivity contribution in [1.29, 1.82) is 0 Å². The summed E-state index contributed by atoms with van der Waals surface area (Å²) in [4.78, 5) is 4.03. The number of aromatic nitrogens is 3. The molecule has 0 bridgehead atoms. The fraction of sp³-hybridized carbons (Fsp3) is 0. The van der Waals surface area contributed by atoms with Crippen LogP contribution in [0, 0.1) is 0 Å². The number of hydrogen-bond acceptors (Lipinski definition) is 5. The van der Waals surface area contributed by atoms with Gasteiger partial charge in [-0.3, -0.25) is 0 Å². The maximum atomic E-state index is 4.40. The second kappa shape index (κ2) is 3.00. The molecule has 0 spiro atoms. The largest absolute Gasteiger partial charge is 0.321 e. The Morgan fingerprint density at radius 1 is 1.25 bits per heavy atom. The third-order valence-electron chi connectivity index (χ3n) is 1.28. The third-order valence-corrected chi connectivity index (χ3v) is 1.28. The zero-order chi connectivity index (χ0) is 8.23. The number of rotatable bonds is 2. The Balaban J connectivity index is 2.15. The molecular weight excluding hydrogens is 156 g/mol. The summed E-state index contributed by atoms with van der Waals surface area (Å²) in [5, 5.41) is 9.92. The fourth-order valence-corrected chi connectivity index (χ4v) is 0.788. The van der Waals surface area contributed by atoms with Gasteiger partial charge in [-0.15, -0.1) is 0 Å². The van der Waals surface area contributed by atoms with Crippen molar-refractivity contribution in [2.45, 2.75) is 0 Å². The lowest BCUT2D eigenvalue weighted by atomic mass is 10.4. The van der Waals surface area contributed by atoms with Crippen molar-refractivity contribution in [1.82, 2.24) is 15.3 Å². The molecule has 0 unspecified atom stereocenters. The maximum Gasteiger partial charge on any atom is 0.196 e. The Kier molecular flexibility index (Phi) is 1.69. The van der Waals surface area contributed by atoms with Gasteiger partial charge in [0.05, 0.1) is 0 Å². The zero-order valence-corrected chi connectivity index (χ0v) is 6.14. The van der Waals surface area contributed by atoms with Crippen LogP contribution in [0.4, 0.5) is 11.6 Å². The van der Waals surface area contributed by atoms with Crippen LogP contribution in [0.2, 0.25) is 0 Å². The van der Waals surface area contributed by atoms with Crippen molar-refractivity contribution in [3.63, 3.8) is 0 Å². The molecule has 0 amide bonds. The Labute approximate surface area is 68.4 Å². The van der Waals surface area contributed by atoms with Gasteiger partial charge in [-0.1, -0.05) is 11.2 Å². The van der Waals surface area contributed by atoms with Gasteiger partial charge in [0.2, 0.25) is 0 Å². The average Bonchev–Trinajstić information content (AvgIpc) is 2.59. The van der Waals surface area contributed by atoms with E-state index in [1.54, 1.807) is 6.20 Å². The summed E-state index contributed by atoms with van der Waals surface area (Å²) in [6.07, 6.45) is 3.17. The highest BCUT2D eigenvalue weighted by molar-refractivity contribution is 5.48. The minimum Gasteiger partial charge on any atom is -0.321 e. The van der Waals surface area contributed by atoms with Gasteiger partial charge in [0, 0.05) is 6.20 Å². The summed E-state index contributed by atoms with van der Waals surface area (Å²) < 4.78 is 4.40. The Hall–Kier alpha value is -1.91. The molecule has 2 rings (SSSR count). The molecule has 0 atom stereocenters. The first-order valence-electron chi connectivity index (χ1n) is 3.41. The third kappa shape index (κ3) is 1.39. The number of nitrogens with zero attached hydrogens (tertiary/aromatic N) is 3. The maximum absolute atomic E-state index is 4.40. The van der Waals surface area contributed by atoms with E-state index in [9.17, 15) is 0 Å². The van der Waals surface area contributed by atoms with Crippen LogP contribution < -0.4 is 5.32 Å². The van der Waals surface area contributed by atoms with Gasteiger partial charge in [-0.25, -0.2) is 9.61 Å². The van der Waals surface area contributed by atoms with E-state index < -0.39 is 0 Å². The summed E-state index contributed by atoms with van der Waals surface area (Å²) in [6.45, 7) is 0. The molecule has 0 aliphatic carbocycles. The summed E-state index contributed by atoms with van der Waals surface area (Å²) in [7, 11) is 0. The van der Waals surface area contributed by atoms with Gasteiger partial charge < -0.3 is 5.32 Å². The zero-order valence-electron chi connectivity index (χ0n) is 6.14. The second-order valence-corrected chi connectivity index (χ2v) is 2.13. The van der Waals surface area contributed by atoms with E-state index in [-0.39, 0.29) is 0 Å². The quantitative estimate of drug-likeness (QED) is 0.718. The minimum absolute atomic E-state index is 0.550. The number of pyridine rings is 1. The van der Waals surface area contributed by atoms with Crippen LogP contribution in [0.15, 0.2) is 35.2 Å². The molecule has 0 fully saturated rings. The molecule has 5 heteroatoms. The second-order valence-electron chi connectivity index (χ2n) is 2.13. The molecule has 0 aliphatic rings. The minimum atomic E-state index is 0.550. The lowest BCUT2D eigenvalue weighted by molar-refractivity contribution is 0.308. The van der Waals surface area contributed by atoms with Crippen LogP contribution >= 0.6 is 0 Å². The van der Waals surface area contributed by atoms with Gasteiger partial charge in [-0.05, 0) is 17.3 Å². The van der Waals surface area contributed by atoms with Crippen LogP contribution in [0.3, 0.4) is 0 Å². The average molecular weight is 162 g/mol. The molecule has 0 aromatic carbocycles. The van der Waals surface area contributed by atoms with Crippen LogP contribution in [0.25, 0.3) is 0 Å². The predicted molar refractivity (Wildman–Crippen MR) is 41.8 cm³/mol. The van der Waals surface area contributed by atoms with E-state index in [4.69, 9.17) is 0 Å². The SMILES string of the molecule is c1ccc(Nc2cnon2)nc1. The topological polar surface area (TPSA) is 63.8 Å². The van der Waals surface area contributed by atoms with Gasteiger partial charge in [-0.2, -0.15) is 0 Å². The van der Waals surface area contributed by atoms with Crippen LogP contribution in [-0.4, -0.2) is 15.3 Å². The van der Waals surface area contributed by atoms with E-state index in [1.807, 2.05) is 18.2 Å². The highest BCUT2D eigenvalue weighted by atomic mass is 16.6. The molecule has 5 nitrogen and oxygen atoms in total. The lowest BCUT2D eigenvalue weighted by Crippen LogP contribution is -1.91. The molecule has 12 heavy (non-hydrogen) atoms. The molecule has 0 saturated heterocycles. The fourth-order valence-electron chi connectivity index (χ4n) is 0.788. The predicted octanol–water partition coefficient (Wildman–Crippen LogP) is 1.21. The van der Waals surface area contributed by atoms with Crippen molar-refractivity contribution in [3.05, 3.63) is 30.6 Å². The van der Waals surface area contributed by atoms with E-state index >= 15 is 0 Å². The van der Waals surface area contributed by atoms with Gasteiger partial charge >= 0.3 is 0 Å². The molecule has 2 heterocycles. The smallest absolute Gasteiger partial charge is 0.196 e. The molecule has 0 aliphatic heterocycles. The first kappa shape index (κ1) is 6.78. The normalized spacial score (nSPS) is 9.67. The Morgan fingerprint density at radius 3 is 2.92 bits per heavy atom. The Morgan fingerprint density at radius 2 is 2.25 bits per heavy atom. The number of anilines is 2. The Bertz CT molecular complexity index is 332. The van der Waals surface area contributed by atoms with Crippen molar-refractivity contribution in [3.8, 4) is 0 Å². The molecular formula is C7H6N4O. The van der Waals surface area contributed by atoms with E-state index in [1.165, 1.54) is 6.20 Å².